The number of aryl methyl sites for hydroxylation is 1. The van der Waals surface area contributed by atoms with Crippen LogP contribution in [0.4, 0.5) is 0 Å². The first-order valence-corrected chi connectivity index (χ1v) is 5.88. The lowest BCUT2D eigenvalue weighted by molar-refractivity contribution is 0.220. The van der Waals surface area contributed by atoms with Gasteiger partial charge in [-0.05, 0) is 18.6 Å². The SMILES string of the molecule is Cc1cncc(C(O)c2cccc(Cl)c2Cl)c1. The normalized spacial score (nSPS) is 12.5. The predicted molar refractivity (Wildman–Crippen MR) is 69.5 cm³/mol. The van der Waals surface area contributed by atoms with Crippen LogP contribution in [0.1, 0.15) is 22.8 Å². The van der Waals surface area contributed by atoms with Crippen molar-refractivity contribution < 1.29 is 5.11 Å². The maximum absolute atomic E-state index is 10.2. The highest BCUT2D eigenvalue weighted by Crippen LogP contribution is 2.32. The Bertz CT molecular complexity index is 543. The van der Waals surface area contributed by atoms with Gasteiger partial charge in [0.25, 0.3) is 0 Å². The zero-order valence-corrected chi connectivity index (χ0v) is 10.7. The van der Waals surface area contributed by atoms with Gasteiger partial charge >= 0.3 is 0 Å². The van der Waals surface area contributed by atoms with Gasteiger partial charge in [0, 0.05) is 23.5 Å². The summed E-state index contributed by atoms with van der Waals surface area (Å²) in [5.41, 5.74) is 2.28. The molecule has 2 nitrogen and oxygen atoms in total. The lowest BCUT2D eigenvalue weighted by Crippen LogP contribution is -2.01. The molecule has 1 atom stereocenters. The Morgan fingerprint density at radius 2 is 2.00 bits per heavy atom. The smallest absolute Gasteiger partial charge is 0.107 e. The second-order valence-corrected chi connectivity index (χ2v) is 4.63. The van der Waals surface area contributed by atoms with Crippen molar-refractivity contribution in [3.05, 3.63) is 63.4 Å². The van der Waals surface area contributed by atoms with Gasteiger partial charge in [-0.3, -0.25) is 4.98 Å². The zero-order valence-electron chi connectivity index (χ0n) is 9.19. The van der Waals surface area contributed by atoms with Crippen molar-refractivity contribution in [2.45, 2.75) is 13.0 Å². The van der Waals surface area contributed by atoms with E-state index in [9.17, 15) is 5.11 Å². The number of rotatable bonds is 2. The summed E-state index contributed by atoms with van der Waals surface area (Å²) < 4.78 is 0. The fourth-order valence-electron chi connectivity index (χ4n) is 1.64. The standard InChI is InChI=1S/C13H11Cl2NO/c1-8-5-9(7-16-6-8)13(17)10-3-2-4-11(14)12(10)15/h2-7,13,17H,1H3. The second-order valence-electron chi connectivity index (χ2n) is 3.84. The molecule has 0 aliphatic carbocycles. The number of nitrogens with zero attached hydrogens (tertiary/aromatic N) is 1. The second kappa shape index (κ2) is 5.05. The van der Waals surface area contributed by atoms with Crippen LogP contribution in [-0.4, -0.2) is 10.1 Å². The minimum Gasteiger partial charge on any atom is -0.384 e. The number of aliphatic hydroxyl groups excluding tert-OH is 1. The van der Waals surface area contributed by atoms with Gasteiger partial charge in [0.15, 0.2) is 0 Å². The molecule has 0 fully saturated rings. The topological polar surface area (TPSA) is 33.1 Å². The number of benzene rings is 1. The molecule has 88 valence electrons. The molecule has 0 radical (unpaired) electrons. The van der Waals surface area contributed by atoms with E-state index in [4.69, 9.17) is 23.2 Å². The molecule has 1 N–H and O–H groups in total. The van der Waals surface area contributed by atoms with Crippen molar-refractivity contribution >= 4 is 23.2 Å². The highest BCUT2D eigenvalue weighted by Gasteiger charge is 2.15. The van der Waals surface area contributed by atoms with Crippen LogP contribution in [0.5, 0.6) is 0 Å². The van der Waals surface area contributed by atoms with E-state index in [-0.39, 0.29) is 0 Å². The summed E-state index contributed by atoms with van der Waals surface area (Å²) >= 11 is 12.0. The van der Waals surface area contributed by atoms with Crippen molar-refractivity contribution in [1.29, 1.82) is 0 Å². The molecule has 0 aliphatic heterocycles. The van der Waals surface area contributed by atoms with Gasteiger partial charge in [0.05, 0.1) is 10.0 Å². The number of hydrogen-bond donors (Lipinski definition) is 1. The average Bonchev–Trinajstić information content (AvgIpc) is 2.32. The van der Waals surface area contributed by atoms with E-state index >= 15 is 0 Å². The van der Waals surface area contributed by atoms with Gasteiger partial charge in [-0.25, -0.2) is 0 Å². The van der Waals surface area contributed by atoms with Crippen molar-refractivity contribution in [3.8, 4) is 0 Å². The van der Waals surface area contributed by atoms with E-state index in [2.05, 4.69) is 4.98 Å². The molecule has 4 heteroatoms. The summed E-state index contributed by atoms with van der Waals surface area (Å²) in [4.78, 5) is 4.05. The molecular formula is C13H11Cl2NO. The molecule has 1 aromatic heterocycles. The summed E-state index contributed by atoms with van der Waals surface area (Å²) in [6.07, 6.45) is 2.54. The molecule has 17 heavy (non-hydrogen) atoms. The molecule has 0 bridgehead atoms. The van der Waals surface area contributed by atoms with E-state index in [1.165, 1.54) is 0 Å². The van der Waals surface area contributed by atoms with Crippen molar-refractivity contribution in [2.24, 2.45) is 0 Å². The van der Waals surface area contributed by atoms with E-state index in [1.54, 1.807) is 30.6 Å². The van der Waals surface area contributed by atoms with Gasteiger partial charge in [-0.2, -0.15) is 0 Å². The van der Waals surface area contributed by atoms with E-state index in [0.29, 0.717) is 21.2 Å². The minimum absolute atomic E-state index is 0.378. The zero-order chi connectivity index (χ0) is 12.4. The van der Waals surface area contributed by atoms with Crippen molar-refractivity contribution in [2.75, 3.05) is 0 Å². The summed E-state index contributed by atoms with van der Waals surface area (Å²) in [5.74, 6) is 0. The average molecular weight is 268 g/mol. The van der Waals surface area contributed by atoms with Crippen LogP contribution < -0.4 is 0 Å². The lowest BCUT2D eigenvalue weighted by Gasteiger charge is -2.13. The maximum Gasteiger partial charge on any atom is 0.107 e. The van der Waals surface area contributed by atoms with Crippen LogP contribution in [0.25, 0.3) is 0 Å². The first-order valence-electron chi connectivity index (χ1n) is 5.13. The molecule has 0 amide bonds. The summed E-state index contributed by atoms with van der Waals surface area (Å²) in [5, 5.41) is 11.1. The van der Waals surface area contributed by atoms with Crippen LogP contribution >= 0.6 is 23.2 Å². The predicted octanol–water partition coefficient (Wildman–Crippen LogP) is 3.78. The summed E-state index contributed by atoms with van der Waals surface area (Å²) in [6.45, 7) is 1.92. The summed E-state index contributed by atoms with van der Waals surface area (Å²) in [7, 11) is 0. The van der Waals surface area contributed by atoms with Gasteiger partial charge < -0.3 is 5.11 Å². The van der Waals surface area contributed by atoms with Crippen LogP contribution in [0.15, 0.2) is 36.7 Å². The Hall–Kier alpha value is -1.09. The number of halogens is 2. The molecule has 2 rings (SSSR count). The third-order valence-electron chi connectivity index (χ3n) is 2.49. The Morgan fingerprint density at radius 3 is 2.71 bits per heavy atom. The van der Waals surface area contributed by atoms with Gasteiger partial charge in [-0.15, -0.1) is 0 Å². The third-order valence-corrected chi connectivity index (χ3v) is 3.32. The fraction of sp³-hybridized carbons (Fsp3) is 0.154. The maximum atomic E-state index is 10.2. The molecule has 1 heterocycles. The van der Waals surface area contributed by atoms with Crippen LogP contribution in [0, 0.1) is 6.92 Å². The van der Waals surface area contributed by atoms with Crippen LogP contribution in [-0.2, 0) is 0 Å². The van der Waals surface area contributed by atoms with E-state index in [0.717, 1.165) is 5.56 Å². The lowest BCUT2D eigenvalue weighted by atomic mass is 10.0. The first-order chi connectivity index (χ1) is 8.09. The fourth-order valence-corrected chi connectivity index (χ4v) is 2.05. The first kappa shape index (κ1) is 12.4. The largest absolute Gasteiger partial charge is 0.384 e. The van der Waals surface area contributed by atoms with Gasteiger partial charge in [0.1, 0.15) is 6.10 Å². The van der Waals surface area contributed by atoms with Crippen molar-refractivity contribution in [3.63, 3.8) is 0 Å². The number of aromatic nitrogens is 1. The Morgan fingerprint density at radius 1 is 1.24 bits per heavy atom. The summed E-state index contributed by atoms with van der Waals surface area (Å²) in [6, 6.07) is 7.07. The third kappa shape index (κ3) is 2.60. The Labute approximate surface area is 110 Å². The Balaban J connectivity index is 2.44. The van der Waals surface area contributed by atoms with E-state index < -0.39 is 6.10 Å². The van der Waals surface area contributed by atoms with E-state index in [1.807, 2.05) is 13.0 Å². The van der Waals surface area contributed by atoms with Gasteiger partial charge in [-0.1, -0.05) is 41.4 Å². The molecule has 1 unspecified atom stereocenters. The molecule has 0 spiro atoms. The monoisotopic (exact) mass is 267 g/mol. The molecule has 0 saturated carbocycles. The quantitative estimate of drug-likeness (QED) is 0.899. The minimum atomic E-state index is -0.811. The van der Waals surface area contributed by atoms with Crippen molar-refractivity contribution in [1.82, 2.24) is 4.98 Å². The molecule has 2 aromatic rings. The number of pyridine rings is 1. The van der Waals surface area contributed by atoms with Gasteiger partial charge in [0.2, 0.25) is 0 Å². The molecular weight excluding hydrogens is 257 g/mol. The highest BCUT2D eigenvalue weighted by molar-refractivity contribution is 6.42. The highest BCUT2D eigenvalue weighted by atomic mass is 35.5. The molecule has 1 aromatic carbocycles. The number of aliphatic hydroxyl groups is 1. The molecule has 0 aliphatic rings. The Kier molecular flexibility index (Phi) is 3.67. The van der Waals surface area contributed by atoms with Crippen LogP contribution in [0.2, 0.25) is 10.0 Å². The number of hydrogen-bond acceptors (Lipinski definition) is 2. The van der Waals surface area contributed by atoms with Crippen LogP contribution in [0.3, 0.4) is 0 Å². The molecule has 0 saturated heterocycles.